The minimum Gasteiger partial charge on any atom is -0.330 e. The first kappa shape index (κ1) is 20.2. The lowest BCUT2D eigenvalue weighted by atomic mass is 9.98. The zero-order chi connectivity index (χ0) is 21.2. The number of rotatable bonds is 5. The van der Waals surface area contributed by atoms with Crippen molar-refractivity contribution in [1.29, 1.82) is 0 Å². The molecule has 0 aliphatic carbocycles. The lowest BCUT2D eigenvalue weighted by molar-refractivity contribution is -0.138. The molecule has 2 aliphatic rings. The van der Waals surface area contributed by atoms with E-state index in [1.165, 1.54) is 20.3 Å². The van der Waals surface area contributed by atoms with E-state index in [1.807, 2.05) is 41.3 Å². The number of nitrogens with zero attached hydrogens (tertiary/aromatic N) is 3. The standard InChI is InChI=1S/C24H23N3O2S2/c28-22(8-9-23(29)27-14-10-19(25-27)17-5-2-1-3-6-17)26-13-11-20-18(12-16-31-20)24(26)21-7-4-15-30-21/h1-7,12,15-16,24H,8-11,13-14H2/t24-/m1/s1. The van der Waals surface area contributed by atoms with Gasteiger partial charge in [-0.05, 0) is 40.4 Å². The molecule has 5 nitrogen and oxygen atoms in total. The molecule has 5 rings (SSSR count). The topological polar surface area (TPSA) is 53.0 Å². The number of carbonyl (C=O) groups is 2. The zero-order valence-electron chi connectivity index (χ0n) is 17.1. The highest BCUT2D eigenvalue weighted by Gasteiger charge is 2.33. The predicted molar refractivity (Wildman–Crippen MR) is 124 cm³/mol. The molecule has 2 amide bonds. The maximum absolute atomic E-state index is 13.2. The predicted octanol–water partition coefficient (Wildman–Crippen LogP) is 4.70. The molecule has 4 heterocycles. The lowest BCUT2D eigenvalue weighted by Crippen LogP contribution is -2.40. The third-order valence-corrected chi connectivity index (χ3v) is 7.77. The fraction of sp³-hybridized carbons (Fsp3) is 0.292. The molecule has 0 fully saturated rings. The molecule has 2 aliphatic heterocycles. The Balaban J connectivity index is 1.25. The van der Waals surface area contributed by atoms with Crippen LogP contribution in [0.2, 0.25) is 0 Å². The summed E-state index contributed by atoms with van der Waals surface area (Å²) in [4.78, 5) is 30.4. The van der Waals surface area contributed by atoms with Crippen molar-refractivity contribution in [2.24, 2.45) is 5.10 Å². The highest BCUT2D eigenvalue weighted by atomic mass is 32.1. The molecule has 1 atom stereocenters. The Bertz CT molecular complexity index is 1110. The molecule has 3 aromatic rings. The molecule has 0 saturated heterocycles. The summed E-state index contributed by atoms with van der Waals surface area (Å²) in [7, 11) is 0. The SMILES string of the molecule is O=C(CCC(=O)N1CCc2sccc2[C@@H]1c1cccs1)N1CCC(c2ccccc2)=N1. The van der Waals surface area contributed by atoms with Gasteiger partial charge >= 0.3 is 0 Å². The van der Waals surface area contributed by atoms with Crippen LogP contribution in [0.3, 0.4) is 0 Å². The third kappa shape index (κ3) is 4.07. The largest absolute Gasteiger partial charge is 0.330 e. The van der Waals surface area contributed by atoms with Crippen molar-refractivity contribution in [3.8, 4) is 0 Å². The summed E-state index contributed by atoms with van der Waals surface area (Å²) < 4.78 is 0. The molecular formula is C24H23N3O2S2. The van der Waals surface area contributed by atoms with Gasteiger partial charge in [0.15, 0.2) is 0 Å². The Morgan fingerprint density at radius 2 is 1.74 bits per heavy atom. The van der Waals surface area contributed by atoms with E-state index in [0.717, 1.165) is 24.1 Å². The van der Waals surface area contributed by atoms with Crippen molar-refractivity contribution in [2.45, 2.75) is 31.7 Å². The maximum Gasteiger partial charge on any atom is 0.243 e. The number of hydrazone groups is 1. The molecule has 0 bridgehead atoms. The summed E-state index contributed by atoms with van der Waals surface area (Å²) >= 11 is 3.44. The van der Waals surface area contributed by atoms with Crippen LogP contribution in [-0.4, -0.2) is 40.5 Å². The molecule has 2 aromatic heterocycles. The average molecular weight is 450 g/mol. The van der Waals surface area contributed by atoms with E-state index in [1.54, 1.807) is 22.7 Å². The van der Waals surface area contributed by atoms with Crippen LogP contribution >= 0.6 is 22.7 Å². The van der Waals surface area contributed by atoms with Crippen LogP contribution in [0.1, 0.15) is 46.2 Å². The summed E-state index contributed by atoms with van der Waals surface area (Å²) in [6.07, 6.45) is 2.03. The van der Waals surface area contributed by atoms with E-state index in [2.05, 4.69) is 28.0 Å². The molecule has 0 N–H and O–H groups in total. The van der Waals surface area contributed by atoms with Gasteiger partial charge in [-0.15, -0.1) is 22.7 Å². The van der Waals surface area contributed by atoms with Crippen LogP contribution in [0, 0.1) is 0 Å². The summed E-state index contributed by atoms with van der Waals surface area (Å²) in [5.74, 6) is -0.0461. The number of carbonyl (C=O) groups excluding carboxylic acids is 2. The average Bonchev–Trinajstić information content (AvgIpc) is 3.58. The van der Waals surface area contributed by atoms with E-state index in [-0.39, 0.29) is 30.7 Å². The Labute approximate surface area is 189 Å². The number of fused-ring (bicyclic) bond motifs is 1. The fourth-order valence-electron chi connectivity index (χ4n) is 4.30. The van der Waals surface area contributed by atoms with Crippen LogP contribution in [0.4, 0.5) is 0 Å². The van der Waals surface area contributed by atoms with Gasteiger partial charge in [-0.25, -0.2) is 5.01 Å². The molecular weight excluding hydrogens is 426 g/mol. The van der Waals surface area contributed by atoms with Gasteiger partial charge in [0.25, 0.3) is 0 Å². The van der Waals surface area contributed by atoms with Crippen molar-refractivity contribution < 1.29 is 9.59 Å². The van der Waals surface area contributed by atoms with Crippen molar-refractivity contribution >= 4 is 40.2 Å². The van der Waals surface area contributed by atoms with Crippen molar-refractivity contribution in [2.75, 3.05) is 13.1 Å². The molecule has 0 spiro atoms. The third-order valence-electron chi connectivity index (χ3n) is 5.85. The summed E-state index contributed by atoms with van der Waals surface area (Å²) in [5, 5.41) is 10.2. The molecule has 158 valence electrons. The van der Waals surface area contributed by atoms with Crippen molar-refractivity contribution in [1.82, 2.24) is 9.91 Å². The van der Waals surface area contributed by atoms with Gasteiger partial charge in [0, 0.05) is 35.6 Å². The second-order valence-electron chi connectivity index (χ2n) is 7.73. The van der Waals surface area contributed by atoms with E-state index < -0.39 is 0 Å². The smallest absolute Gasteiger partial charge is 0.243 e. The second-order valence-corrected chi connectivity index (χ2v) is 9.71. The van der Waals surface area contributed by atoms with Crippen LogP contribution in [-0.2, 0) is 16.0 Å². The lowest BCUT2D eigenvalue weighted by Gasteiger charge is -2.35. The Morgan fingerprint density at radius 1 is 0.903 bits per heavy atom. The van der Waals surface area contributed by atoms with E-state index in [0.29, 0.717) is 13.1 Å². The highest BCUT2D eigenvalue weighted by Crippen LogP contribution is 2.39. The first-order valence-corrected chi connectivity index (χ1v) is 12.3. The quantitative estimate of drug-likeness (QED) is 0.567. The van der Waals surface area contributed by atoms with Gasteiger partial charge in [-0.2, -0.15) is 5.10 Å². The Kier molecular flexibility index (Phi) is 5.70. The molecule has 7 heteroatoms. The van der Waals surface area contributed by atoms with Gasteiger partial charge in [-0.3, -0.25) is 9.59 Å². The van der Waals surface area contributed by atoms with Gasteiger partial charge in [0.05, 0.1) is 18.3 Å². The minimum atomic E-state index is -0.0832. The number of benzene rings is 1. The fourth-order valence-corrected chi connectivity index (χ4v) is 6.05. The summed E-state index contributed by atoms with van der Waals surface area (Å²) in [6.45, 7) is 1.28. The van der Waals surface area contributed by atoms with Gasteiger partial charge in [0.2, 0.25) is 11.8 Å². The molecule has 0 unspecified atom stereocenters. The van der Waals surface area contributed by atoms with Gasteiger partial charge < -0.3 is 4.90 Å². The first-order chi connectivity index (χ1) is 15.2. The highest BCUT2D eigenvalue weighted by molar-refractivity contribution is 7.10. The van der Waals surface area contributed by atoms with Crippen LogP contribution < -0.4 is 0 Å². The Morgan fingerprint density at radius 3 is 2.55 bits per heavy atom. The van der Waals surface area contributed by atoms with E-state index in [9.17, 15) is 9.59 Å². The number of amides is 2. The normalized spacial score (nSPS) is 18.1. The van der Waals surface area contributed by atoms with Crippen molar-refractivity contribution in [3.05, 3.63) is 80.2 Å². The summed E-state index contributed by atoms with van der Waals surface area (Å²) in [5.41, 5.74) is 3.21. The van der Waals surface area contributed by atoms with Crippen LogP contribution in [0.15, 0.2) is 64.4 Å². The molecule has 31 heavy (non-hydrogen) atoms. The van der Waals surface area contributed by atoms with Crippen LogP contribution in [0.5, 0.6) is 0 Å². The van der Waals surface area contributed by atoms with Gasteiger partial charge in [0.1, 0.15) is 0 Å². The maximum atomic E-state index is 13.2. The van der Waals surface area contributed by atoms with Gasteiger partial charge in [-0.1, -0.05) is 36.4 Å². The number of hydrogen-bond donors (Lipinski definition) is 0. The van der Waals surface area contributed by atoms with Crippen molar-refractivity contribution in [3.63, 3.8) is 0 Å². The minimum absolute atomic E-state index is 0.0351. The Hall–Kier alpha value is -2.77. The number of hydrogen-bond acceptors (Lipinski definition) is 5. The summed E-state index contributed by atoms with van der Waals surface area (Å²) in [6, 6.07) is 16.2. The number of thiophene rings is 2. The van der Waals surface area contributed by atoms with E-state index >= 15 is 0 Å². The monoisotopic (exact) mass is 449 g/mol. The van der Waals surface area contributed by atoms with Crippen LogP contribution in [0.25, 0.3) is 0 Å². The second kappa shape index (κ2) is 8.77. The molecule has 0 radical (unpaired) electrons. The van der Waals surface area contributed by atoms with E-state index in [4.69, 9.17) is 0 Å². The molecule has 0 saturated carbocycles. The molecule has 1 aromatic carbocycles. The zero-order valence-corrected chi connectivity index (χ0v) is 18.7. The first-order valence-electron chi connectivity index (χ1n) is 10.5.